The summed E-state index contributed by atoms with van der Waals surface area (Å²) in [5.41, 5.74) is 9.96. The molecule has 0 atom stereocenters. The number of fused-ring (bicyclic) bond motifs is 2. The molecule has 3 N–H and O–H groups in total. The van der Waals surface area contributed by atoms with Crippen LogP contribution in [0.1, 0.15) is 5.69 Å². The average molecular weight is 280 g/mol. The molecule has 3 heterocycles. The molecule has 0 saturated heterocycles. The Morgan fingerprint density at radius 1 is 1.10 bits per heavy atom. The maximum atomic E-state index is 6.25. The zero-order chi connectivity index (χ0) is 13.7. The maximum Gasteiger partial charge on any atom is 0.150 e. The van der Waals surface area contributed by atoms with E-state index in [1.54, 1.807) is 11.3 Å². The molecule has 20 heavy (non-hydrogen) atoms. The van der Waals surface area contributed by atoms with Crippen molar-refractivity contribution in [3.63, 3.8) is 0 Å². The van der Waals surface area contributed by atoms with E-state index < -0.39 is 0 Å². The Kier molecular flexibility index (Phi) is 2.31. The van der Waals surface area contributed by atoms with Gasteiger partial charge in [0.15, 0.2) is 5.82 Å². The van der Waals surface area contributed by atoms with Crippen molar-refractivity contribution in [3.05, 3.63) is 42.1 Å². The van der Waals surface area contributed by atoms with Gasteiger partial charge in [0.05, 0.1) is 21.6 Å². The molecular formula is C15H12N4S. The lowest BCUT2D eigenvalue weighted by atomic mass is 10.2. The molecule has 0 unspecified atom stereocenters. The number of nitrogens with two attached hydrogens (primary N) is 1. The Morgan fingerprint density at radius 2 is 1.95 bits per heavy atom. The van der Waals surface area contributed by atoms with E-state index in [1.165, 1.54) is 0 Å². The Bertz CT molecular complexity index is 903. The highest BCUT2D eigenvalue weighted by Crippen LogP contribution is 2.39. The van der Waals surface area contributed by atoms with Gasteiger partial charge in [0.25, 0.3) is 0 Å². The summed E-state index contributed by atoms with van der Waals surface area (Å²) >= 11 is 1.58. The van der Waals surface area contributed by atoms with Gasteiger partial charge in [-0.05, 0) is 31.2 Å². The predicted molar refractivity (Wildman–Crippen MR) is 83.9 cm³/mol. The first kappa shape index (κ1) is 11.4. The molecule has 0 spiro atoms. The number of H-pyrrole nitrogens is 1. The molecule has 4 aromatic rings. The fraction of sp³-hybridized carbons (Fsp3) is 0.0667. The van der Waals surface area contributed by atoms with Crippen LogP contribution in [0.2, 0.25) is 0 Å². The molecule has 0 fully saturated rings. The first-order chi connectivity index (χ1) is 9.72. The summed E-state index contributed by atoms with van der Waals surface area (Å²) in [7, 11) is 0. The molecule has 4 nitrogen and oxygen atoms in total. The lowest BCUT2D eigenvalue weighted by Crippen LogP contribution is -1.87. The van der Waals surface area contributed by atoms with Gasteiger partial charge in [-0.1, -0.05) is 12.1 Å². The van der Waals surface area contributed by atoms with E-state index in [2.05, 4.69) is 15.0 Å². The Balaban J connectivity index is 1.99. The normalized spacial score (nSPS) is 11.4. The molecule has 98 valence electrons. The van der Waals surface area contributed by atoms with Crippen LogP contribution in [0.5, 0.6) is 0 Å². The number of pyridine rings is 1. The molecule has 0 aliphatic heterocycles. The van der Waals surface area contributed by atoms with Gasteiger partial charge in [-0.25, -0.2) is 9.97 Å². The topological polar surface area (TPSA) is 67.6 Å². The van der Waals surface area contributed by atoms with Gasteiger partial charge in [-0.2, -0.15) is 0 Å². The first-order valence-electron chi connectivity index (χ1n) is 6.33. The monoisotopic (exact) mass is 280 g/mol. The number of hydrogen-bond acceptors (Lipinski definition) is 4. The minimum Gasteiger partial charge on any atom is -0.397 e. The van der Waals surface area contributed by atoms with Gasteiger partial charge in [-0.15, -0.1) is 11.3 Å². The SMILES string of the molecule is Cc1ccc2c(N)c(-c3nc4ccccc4[nH]3)sc2n1. The predicted octanol–water partition coefficient (Wildman–Crippen LogP) is 3.73. The van der Waals surface area contributed by atoms with Gasteiger partial charge < -0.3 is 10.7 Å². The highest BCUT2D eigenvalue weighted by atomic mass is 32.1. The van der Waals surface area contributed by atoms with E-state index in [4.69, 9.17) is 5.73 Å². The Hall–Kier alpha value is -2.40. The molecule has 4 rings (SSSR count). The zero-order valence-corrected chi connectivity index (χ0v) is 11.7. The summed E-state index contributed by atoms with van der Waals surface area (Å²) in [6.07, 6.45) is 0. The molecule has 0 saturated carbocycles. The van der Waals surface area contributed by atoms with Crippen molar-refractivity contribution in [1.29, 1.82) is 0 Å². The first-order valence-corrected chi connectivity index (χ1v) is 7.15. The summed E-state index contributed by atoms with van der Waals surface area (Å²) < 4.78 is 0. The number of anilines is 1. The van der Waals surface area contributed by atoms with Crippen molar-refractivity contribution in [1.82, 2.24) is 15.0 Å². The number of thiophene rings is 1. The minimum absolute atomic E-state index is 0.747. The van der Waals surface area contributed by atoms with E-state index in [9.17, 15) is 0 Å². The summed E-state index contributed by atoms with van der Waals surface area (Å²) in [4.78, 5) is 14.4. The van der Waals surface area contributed by atoms with E-state index in [0.717, 1.165) is 43.3 Å². The summed E-state index contributed by atoms with van der Waals surface area (Å²) in [6, 6.07) is 12.0. The number of hydrogen-bond donors (Lipinski definition) is 2. The second-order valence-electron chi connectivity index (χ2n) is 4.75. The number of imidazole rings is 1. The van der Waals surface area contributed by atoms with Crippen molar-refractivity contribution >= 4 is 38.3 Å². The van der Waals surface area contributed by atoms with Gasteiger partial charge in [0.2, 0.25) is 0 Å². The van der Waals surface area contributed by atoms with Crippen LogP contribution in [-0.2, 0) is 0 Å². The van der Waals surface area contributed by atoms with Crippen LogP contribution < -0.4 is 5.73 Å². The third kappa shape index (κ3) is 1.60. The second kappa shape index (κ2) is 4.05. The second-order valence-corrected chi connectivity index (χ2v) is 5.75. The van der Waals surface area contributed by atoms with Crippen molar-refractivity contribution in [2.45, 2.75) is 6.92 Å². The summed E-state index contributed by atoms with van der Waals surface area (Å²) in [6.45, 7) is 1.98. The number of nitrogens with zero attached hydrogens (tertiary/aromatic N) is 2. The number of para-hydroxylation sites is 2. The average Bonchev–Trinajstić information content (AvgIpc) is 3.00. The maximum absolute atomic E-state index is 6.25. The third-order valence-corrected chi connectivity index (χ3v) is 4.46. The number of rotatable bonds is 1. The Morgan fingerprint density at radius 3 is 2.80 bits per heavy atom. The van der Waals surface area contributed by atoms with Gasteiger partial charge in [0.1, 0.15) is 4.83 Å². The van der Waals surface area contributed by atoms with Crippen LogP contribution in [-0.4, -0.2) is 15.0 Å². The number of nitrogens with one attached hydrogen (secondary N) is 1. The molecule has 0 aliphatic carbocycles. The van der Waals surface area contributed by atoms with Crippen LogP contribution in [0.15, 0.2) is 36.4 Å². The largest absolute Gasteiger partial charge is 0.397 e. The molecule has 0 radical (unpaired) electrons. The minimum atomic E-state index is 0.747. The molecule has 3 aromatic heterocycles. The lowest BCUT2D eigenvalue weighted by Gasteiger charge is -1.94. The molecule has 5 heteroatoms. The molecule has 0 aliphatic rings. The molecule has 0 bridgehead atoms. The smallest absolute Gasteiger partial charge is 0.150 e. The lowest BCUT2D eigenvalue weighted by molar-refractivity contribution is 1.27. The van der Waals surface area contributed by atoms with Crippen molar-refractivity contribution < 1.29 is 0 Å². The third-order valence-electron chi connectivity index (χ3n) is 3.34. The van der Waals surface area contributed by atoms with Crippen LogP contribution in [0, 0.1) is 6.92 Å². The van der Waals surface area contributed by atoms with Gasteiger partial charge in [0, 0.05) is 11.1 Å². The number of aryl methyl sites for hydroxylation is 1. The molecule has 1 aromatic carbocycles. The highest BCUT2D eigenvalue weighted by molar-refractivity contribution is 7.22. The van der Waals surface area contributed by atoms with Crippen molar-refractivity contribution in [2.24, 2.45) is 0 Å². The fourth-order valence-electron chi connectivity index (χ4n) is 2.33. The number of aromatic nitrogens is 3. The van der Waals surface area contributed by atoms with Crippen LogP contribution in [0.25, 0.3) is 32.0 Å². The van der Waals surface area contributed by atoms with Crippen LogP contribution >= 0.6 is 11.3 Å². The van der Waals surface area contributed by atoms with E-state index in [0.29, 0.717) is 0 Å². The number of aromatic amines is 1. The van der Waals surface area contributed by atoms with Crippen LogP contribution in [0.4, 0.5) is 5.69 Å². The van der Waals surface area contributed by atoms with E-state index in [1.807, 2.05) is 43.3 Å². The Labute approximate surface area is 119 Å². The van der Waals surface area contributed by atoms with E-state index in [-0.39, 0.29) is 0 Å². The molecule has 0 amide bonds. The fourth-order valence-corrected chi connectivity index (χ4v) is 3.41. The summed E-state index contributed by atoms with van der Waals surface area (Å²) in [5, 5.41) is 0.996. The van der Waals surface area contributed by atoms with Gasteiger partial charge >= 0.3 is 0 Å². The summed E-state index contributed by atoms with van der Waals surface area (Å²) in [5.74, 6) is 0.810. The molecular weight excluding hydrogens is 268 g/mol. The van der Waals surface area contributed by atoms with Crippen molar-refractivity contribution in [2.75, 3.05) is 5.73 Å². The van der Waals surface area contributed by atoms with Crippen molar-refractivity contribution in [3.8, 4) is 10.7 Å². The number of nitrogen functional groups attached to an aromatic ring is 1. The standard InChI is InChI=1S/C15H12N4S/c1-8-6-7-9-12(16)13(20-15(9)17-8)14-18-10-4-2-3-5-11(10)19-14/h2-7H,16H2,1H3,(H,18,19). The quantitative estimate of drug-likeness (QED) is 0.558. The number of benzene rings is 1. The van der Waals surface area contributed by atoms with Crippen LogP contribution in [0.3, 0.4) is 0 Å². The van der Waals surface area contributed by atoms with E-state index >= 15 is 0 Å². The zero-order valence-electron chi connectivity index (χ0n) is 10.8. The van der Waals surface area contributed by atoms with Gasteiger partial charge in [-0.3, -0.25) is 0 Å². The highest BCUT2D eigenvalue weighted by Gasteiger charge is 2.15.